The number of unbranched alkanes of at least 4 members (excludes halogenated alkanes) is 1. The lowest BCUT2D eigenvalue weighted by Gasteiger charge is -1.96. The number of carbonyl (C=O) groups is 1. The molecule has 0 fully saturated rings. The van der Waals surface area contributed by atoms with Gasteiger partial charge in [0, 0.05) is 0 Å². The van der Waals surface area contributed by atoms with Crippen molar-refractivity contribution in [2.45, 2.75) is 19.8 Å². The van der Waals surface area contributed by atoms with Crippen LogP contribution in [0.3, 0.4) is 0 Å². The Labute approximate surface area is 96.2 Å². The molecule has 1 rings (SSSR count). The highest BCUT2D eigenvalue weighted by atomic mass is 16.5. The Bertz CT molecular complexity index is 373. The van der Waals surface area contributed by atoms with Gasteiger partial charge in [-0.2, -0.15) is 0 Å². The molecular weight excluding hydrogens is 200 g/mol. The number of hydrogen-bond donors (Lipinski definition) is 0. The van der Waals surface area contributed by atoms with E-state index in [1.54, 1.807) is 6.08 Å². The van der Waals surface area contributed by atoms with Crippen LogP contribution in [0.25, 0.3) is 6.08 Å². The van der Waals surface area contributed by atoms with Gasteiger partial charge in [-0.15, -0.1) is 5.73 Å². The predicted octanol–water partition coefficient (Wildman–Crippen LogP) is 3.00. The molecule has 0 unspecified atom stereocenters. The minimum Gasteiger partial charge on any atom is -0.462 e. The van der Waals surface area contributed by atoms with Crippen LogP contribution in [-0.4, -0.2) is 12.6 Å². The fourth-order valence-electron chi connectivity index (χ4n) is 1.07. The highest BCUT2D eigenvalue weighted by Crippen LogP contribution is 1.99. The van der Waals surface area contributed by atoms with Crippen molar-refractivity contribution in [1.82, 2.24) is 0 Å². The molecule has 0 aliphatic carbocycles. The Hall–Kier alpha value is -1.79. The fraction of sp³-hybridized carbons (Fsp3) is 0.286. The van der Waals surface area contributed by atoms with Crippen molar-refractivity contribution in [2.24, 2.45) is 0 Å². The normalized spacial score (nSPS) is 9.06. The number of ether oxygens (including phenoxy) is 1. The third-order valence-electron chi connectivity index (χ3n) is 1.94. The van der Waals surface area contributed by atoms with Crippen molar-refractivity contribution >= 4 is 12.0 Å². The Kier molecular flexibility index (Phi) is 5.75. The summed E-state index contributed by atoms with van der Waals surface area (Å²) in [6.45, 7) is 2.50. The predicted molar refractivity (Wildman–Crippen MR) is 63.5 cm³/mol. The van der Waals surface area contributed by atoms with Crippen LogP contribution in [0.4, 0.5) is 0 Å². The molecule has 0 heterocycles. The molecule has 1 aromatic carbocycles. The molecule has 2 heteroatoms. The van der Waals surface area contributed by atoms with E-state index in [9.17, 15) is 4.79 Å². The number of benzene rings is 1. The van der Waals surface area contributed by atoms with Crippen molar-refractivity contribution in [3.63, 3.8) is 0 Å². The molecule has 0 saturated carbocycles. The zero-order valence-electron chi connectivity index (χ0n) is 9.40. The molecule has 0 bridgehead atoms. The molecule has 2 nitrogen and oxygen atoms in total. The van der Waals surface area contributed by atoms with Crippen molar-refractivity contribution in [2.75, 3.05) is 6.61 Å². The molecule has 16 heavy (non-hydrogen) atoms. The molecule has 0 amide bonds. The van der Waals surface area contributed by atoms with Gasteiger partial charge in [-0.1, -0.05) is 43.7 Å². The standard InChI is InChI=1S/C14H15O2/c1-2-3-12-16-14(15)11-7-10-13-8-5-4-6-9-13/h4-6,8-10H,2-3,12H2,1H3. The minimum atomic E-state index is -0.458. The SMILES string of the molecule is CCCCOC(=O)[C]=C=Cc1ccccc1. The summed E-state index contributed by atoms with van der Waals surface area (Å²) in [6.07, 6.45) is 6.01. The monoisotopic (exact) mass is 215 g/mol. The largest absolute Gasteiger partial charge is 0.462 e. The van der Waals surface area contributed by atoms with Gasteiger partial charge in [-0.25, -0.2) is 4.79 Å². The molecule has 0 aromatic heterocycles. The summed E-state index contributed by atoms with van der Waals surface area (Å²) in [6, 6.07) is 9.64. The van der Waals surface area contributed by atoms with E-state index in [0.717, 1.165) is 18.4 Å². The van der Waals surface area contributed by atoms with Gasteiger partial charge in [-0.05, 0) is 18.1 Å². The van der Waals surface area contributed by atoms with E-state index >= 15 is 0 Å². The van der Waals surface area contributed by atoms with Gasteiger partial charge in [0.05, 0.1) is 6.61 Å². The summed E-state index contributed by atoms with van der Waals surface area (Å²) in [5.41, 5.74) is 3.66. The molecule has 1 radical (unpaired) electrons. The first-order valence-corrected chi connectivity index (χ1v) is 5.39. The van der Waals surface area contributed by atoms with Crippen molar-refractivity contribution in [3.05, 3.63) is 47.7 Å². The second-order valence-electron chi connectivity index (χ2n) is 3.31. The molecule has 0 N–H and O–H groups in total. The summed E-state index contributed by atoms with van der Waals surface area (Å²) >= 11 is 0. The maximum absolute atomic E-state index is 11.1. The van der Waals surface area contributed by atoms with Crippen LogP contribution in [0.1, 0.15) is 25.3 Å². The maximum Gasteiger partial charge on any atom is 0.347 e. The van der Waals surface area contributed by atoms with Crippen molar-refractivity contribution in [1.29, 1.82) is 0 Å². The zero-order chi connectivity index (χ0) is 11.6. The average Bonchev–Trinajstić information content (AvgIpc) is 2.31. The Morgan fingerprint density at radius 2 is 2.12 bits per heavy atom. The van der Waals surface area contributed by atoms with Crippen molar-refractivity contribution in [3.8, 4) is 0 Å². The Balaban J connectivity index is 2.41. The van der Waals surface area contributed by atoms with Crippen LogP contribution in [0.15, 0.2) is 36.1 Å². The second kappa shape index (κ2) is 7.49. The number of hydrogen-bond acceptors (Lipinski definition) is 2. The van der Waals surface area contributed by atoms with E-state index in [2.05, 4.69) is 11.8 Å². The molecule has 0 spiro atoms. The van der Waals surface area contributed by atoms with E-state index in [1.165, 1.54) is 0 Å². The first-order chi connectivity index (χ1) is 7.83. The number of carbonyl (C=O) groups excluding carboxylic acids is 1. The van der Waals surface area contributed by atoms with Crippen molar-refractivity contribution < 1.29 is 9.53 Å². The molecule has 0 atom stereocenters. The molecule has 0 aliphatic heterocycles. The Morgan fingerprint density at radius 3 is 2.81 bits per heavy atom. The summed E-state index contributed by atoms with van der Waals surface area (Å²) in [5.74, 6) is -0.458. The zero-order valence-corrected chi connectivity index (χ0v) is 9.40. The van der Waals surface area contributed by atoms with Crippen LogP contribution in [0.5, 0.6) is 0 Å². The molecular formula is C14H15O2. The van der Waals surface area contributed by atoms with Crippen LogP contribution in [0.2, 0.25) is 0 Å². The maximum atomic E-state index is 11.1. The average molecular weight is 215 g/mol. The van der Waals surface area contributed by atoms with Crippen LogP contribution < -0.4 is 0 Å². The highest BCUT2D eigenvalue weighted by Gasteiger charge is 1.94. The summed E-state index contributed by atoms with van der Waals surface area (Å²) < 4.78 is 4.89. The number of rotatable bonds is 5. The van der Waals surface area contributed by atoms with E-state index in [0.29, 0.717) is 6.61 Å². The molecule has 0 aliphatic rings. The van der Waals surface area contributed by atoms with Crippen LogP contribution >= 0.6 is 0 Å². The van der Waals surface area contributed by atoms with Gasteiger partial charge >= 0.3 is 5.97 Å². The van der Waals surface area contributed by atoms with Crippen LogP contribution in [0, 0.1) is 6.08 Å². The smallest absolute Gasteiger partial charge is 0.347 e. The summed E-state index contributed by atoms with van der Waals surface area (Å²) in [5, 5.41) is 0. The second-order valence-corrected chi connectivity index (χ2v) is 3.31. The Morgan fingerprint density at radius 1 is 1.38 bits per heavy atom. The minimum absolute atomic E-state index is 0.454. The topological polar surface area (TPSA) is 26.3 Å². The lowest BCUT2D eigenvalue weighted by molar-refractivity contribution is -0.138. The third-order valence-corrected chi connectivity index (χ3v) is 1.94. The van der Waals surface area contributed by atoms with Gasteiger partial charge in [-0.3, -0.25) is 0 Å². The lowest BCUT2D eigenvalue weighted by Crippen LogP contribution is -2.01. The van der Waals surface area contributed by atoms with E-state index in [4.69, 9.17) is 4.74 Å². The van der Waals surface area contributed by atoms with E-state index in [-0.39, 0.29) is 0 Å². The van der Waals surface area contributed by atoms with Gasteiger partial charge in [0.15, 0.2) is 0 Å². The third kappa shape index (κ3) is 5.18. The first kappa shape index (κ1) is 12.3. The van der Waals surface area contributed by atoms with Gasteiger partial charge < -0.3 is 4.74 Å². The van der Waals surface area contributed by atoms with Crippen LogP contribution in [-0.2, 0) is 9.53 Å². The van der Waals surface area contributed by atoms with E-state index in [1.807, 2.05) is 37.3 Å². The lowest BCUT2D eigenvalue weighted by atomic mass is 10.2. The number of esters is 1. The first-order valence-electron chi connectivity index (χ1n) is 5.39. The summed E-state index contributed by atoms with van der Waals surface area (Å²) in [7, 11) is 0. The molecule has 0 saturated heterocycles. The highest BCUT2D eigenvalue weighted by molar-refractivity contribution is 5.78. The quantitative estimate of drug-likeness (QED) is 0.326. The van der Waals surface area contributed by atoms with Gasteiger partial charge in [0.1, 0.15) is 6.08 Å². The fourth-order valence-corrected chi connectivity index (χ4v) is 1.07. The molecule has 1 aromatic rings. The molecule has 83 valence electrons. The van der Waals surface area contributed by atoms with E-state index < -0.39 is 5.97 Å². The van der Waals surface area contributed by atoms with Gasteiger partial charge in [0.25, 0.3) is 0 Å². The summed E-state index contributed by atoms with van der Waals surface area (Å²) in [4.78, 5) is 11.1. The van der Waals surface area contributed by atoms with Gasteiger partial charge in [0.2, 0.25) is 0 Å².